The lowest BCUT2D eigenvalue weighted by atomic mass is 9.95. The molecule has 104 valence electrons. The third-order valence-corrected chi connectivity index (χ3v) is 4.24. The molecular weight excluding hydrogens is 250 g/mol. The number of amides is 1. The Morgan fingerprint density at radius 2 is 2.25 bits per heavy atom. The van der Waals surface area contributed by atoms with Crippen molar-refractivity contribution >= 4 is 22.4 Å². The number of carbonyl (C=O) groups excluding carboxylic acids is 1. The minimum atomic E-state index is 0.0481. The summed E-state index contributed by atoms with van der Waals surface area (Å²) >= 11 is 0. The van der Waals surface area contributed by atoms with Crippen molar-refractivity contribution in [2.24, 2.45) is 17.6 Å². The zero-order valence-electron chi connectivity index (χ0n) is 11.4. The lowest BCUT2D eigenvalue weighted by Crippen LogP contribution is -2.29. The number of fused-ring (bicyclic) bond motifs is 1. The highest BCUT2D eigenvalue weighted by Gasteiger charge is 2.32. The van der Waals surface area contributed by atoms with E-state index in [1.165, 1.54) is 0 Å². The van der Waals surface area contributed by atoms with E-state index in [0.29, 0.717) is 12.5 Å². The maximum absolute atomic E-state index is 12.4. The van der Waals surface area contributed by atoms with E-state index in [2.05, 4.69) is 10.3 Å². The Bertz CT molecular complexity index is 621. The minimum Gasteiger partial charge on any atom is -0.330 e. The zero-order valence-corrected chi connectivity index (χ0v) is 11.4. The van der Waals surface area contributed by atoms with Gasteiger partial charge in [0.2, 0.25) is 5.91 Å². The average Bonchev–Trinajstić information content (AvgIpc) is 2.96. The van der Waals surface area contributed by atoms with Gasteiger partial charge in [0.1, 0.15) is 0 Å². The van der Waals surface area contributed by atoms with E-state index in [1.54, 1.807) is 12.4 Å². The van der Waals surface area contributed by atoms with E-state index in [9.17, 15) is 4.79 Å². The molecule has 1 saturated carbocycles. The fraction of sp³-hybridized carbons (Fsp3) is 0.375. The molecule has 0 spiro atoms. The Morgan fingerprint density at radius 3 is 3.10 bits per heavy atom. The summed E-state index contributed by atoms with van der Waals surface area (Å²) in [6.07, 6.45) is 6.65. The summed E-state index contributed by atoms with van der Waals surface area (Å²) in [5, 5.41) is 5.12. The molecule has 2 aromatic rings. The molecule has 4 nitrogen and oxygen atoms in total. The largest absolute Gasteiger partial charge is 0.330 e. The van der Waals surface area contributed by atoms with Crippen LogP contribution in [0.15, 0.2) is 36.7 Å². The molecule has 1 aliphatic rings. The summed E-state index contributed by atoms with van der Waals surface area (Å²) in [5.74, 6) is 0.462. The average molecular weight is 269 g/mol. The fourth-order valence-corrected chi connectivity index (χ4v) is 3.11. The third-order valence-electron chi connectivity index (χ3n) is 4.24. The topological polar surface area (TPSA) is 68.0 Å². The summed E-state index contributed by atoms with van der Waals surface area (Å²) in [4.78, 5) is 16.6. The van der Waals surface area contributed by atoms with Gasteiger partial charge in [-0.3, -0.25) is 9.78 Å². The molecular formula is C16H19N3O. The predicted octanol–water partition coefficient (Wildman–Crippen LogP) is 2.55. The highest BCUT2D eigenvalue weighted by Crippen LogP contribution is 2.32. The van der Waals surface area contributed by atoms with Crippen LogP contribution in [0, 0.1) is 11.8 Å². The van der Waals surface area contributed by atoms with Crippen LogP contribution in [0.5, 0.6) is 0 Å². The van der Waals surface area contributed by atoms with Crippen LogP contribution < -0.4 is 11.1 Å². The van der Waals surface area contributed by atoms with Gasteiger partial charge >= 0.3 is 0 Å². The number of carbonyl (C=O) groups is 1. The molecule has 0 bridgehead atoms. The van der Waals surface area contributed by atoms with Gasteiger partial charge in [0.15, 0.2) is 0 Å². The molecule has 3 rings (SSSR count). The first-order valence-electron chi connectivity index (χ1n) is 7.13. The van der Waals surface area contributed by atoms with Gasteiger partial charge in [0.05, 0.1) is 5.69 Å². The quantitative estimate of drug-likeness (QED) is 0.899. The first kappa shape index (κ1) is 13.1. The van der Waals surface area contributed by atoms with Gasteiger partial charge in [-0.15, -0.1) is 0 Å². The molecule has 0 radical (unpaired) electrons. The molecule has 3 N–H and O–H groups in total. The maximum Gasteiger partial charge on any atom is 0.227 e. The number of nitrogens with zero attached hydrogens (tertiary/aromatic N) is 1. The molecule has 1 fully saturated rings. The van der Waals surface area contributed by atoms with Crippen molar-refractivity contribution in [1.29, 1.82) is 0 Å². The Morgan fingerprint density at radius 1 is 1.35 bits per heavy atom. The smallest absolute Gasteiger partial charge is 0.227 e. The Kier molecular flexibility index (Phi) is 3.65. The first-order chi connectivity index (χ1) is 9.79. The van der Waals surface area contributed by atoms with Gasteiger partial charge in [-0.2, -0.15) is 0 Å². The maximum atomic E-state index is 12.4. The number of anilines is 1. The van der Waals surface area contributed by atoms with Crippen LogP contribution in [0.1, 0.15) is 19.3 Å². The van der Waals surface area contributed by atoms with E-state index < -0.39 is 0 Å². The number of hydrogen-bond donors (Lipinski definition) is 2. The number of nitrogens with two attached hydrogens (primary N) is 1. The lowest BCUT2D eigenvalue weighted by Gasteiger charge is -2.18. The molecule has 0 saturated heterocycles. The van der Waals surface area contributed by atoms with E-state index >= 15 is 0 Å². The molecule has 1 heterocycles. The van der Waals surface area contributed by atoms with E-state index in [0.717, 1.165) is 35.7 Å². The van der Waals surface area contributed by atoms with Crippen LogP contribution in [-0.2, 0) is 4.79 Å². The highest BCUT2D eigenvalue weighted by atomic mass is 16.1. The van der Waals surface area contributed by atoms with Crippen molar-refractivity contribution in [3.8, 4) is 0 Å². The highest BCUT2D eigenvalue weighted by molar-refractivity contribution is 6.02. The van der Waals surface area contributed by atoms with Crippen molar-refractivity contribution in [2.45, 2.75) is 19.3 Å². The molecule has 20 heavy (non-hydrogen) atoms. The van der Waals surface area contributed by atoms with Crippen LogP contribution >= 0.6 is 0 Å². The number of pyridine rings is 1. The van der Waals surface area contributed by atoms with Crippen LogP contribution in [0.25, 0.3) is 10.8 Å². The second-order valence-electron chi connectivity index (χ2n) is 5.42. The van der Waals surface area contributed by atoms with Gasteiger partial charge in [-0.25, -0.2) is 0 Å². The van der Waals surface area contributed by atoms with Crippen LogP contribution in [-0.4, -0.2) is 17.4 Å². The third kappa shape index (κ3) is 2.39. The number of aromatic nitrogens is 1. The second-order valence-corrected chi connectivity index (χ2v) is 5.42. The number of nitrogens with one attached hydrogen (secondary N) is 1. The molecule has 0 aliphatic heterocycles. The summed E-state index contributed by atoms with van der Waals surface area (Å²) < 4.78 is 0. The lowest BCUT2D eigenvalue weighted by molar-refractivity contribution is -0.120. The second kappa shape index (κ2) is 5.59. The van der Waals surface area contributed by atoms with E-state index in [1.807, 2.05) is 24.3 Å². The molecule has 1 aromatic heterocycles. The normalized spacial score (nSPS) is 22.1. The monoisotopic (exact) mass is 269 g/mol. The molecule has 1 amide bonds. The summed E-state index contributed by atoms with van der Waals surface area (Å²) in [6.45, 7) is 0.592. The summed E-state index contributed by atoms with van der Waals surface area (Å²) in [5.41, 5.74) is 6.59. The van der Waals surface area contributed by atoms with Gasteiger partial charge in [-0.1, -0.05) is 18.6 Å². The minimum absolute atomic E-state index is 0.0481. The first-order valence-corrected chi connectivity index (χ1v) is 7.13. The molecule has 1 aliphatic carbocycles. The van der Waals surface area contributed by atoms with Gasteiger partial charge in [0.25, 0.3) is 0 Å². The van der Waals surface area contributed by atoms with Gasteiger partial charge < -0.3 is 11.1 Å². The van der Waals surface area contributed by atoms with Gasteiger partial charge in [0, 0.05) is 23.7 Å². The van der Waals surface area contributed by atoms with Crippen LogP contribution in [0.3, 0.4) is 0 Å². The predicted molar refractivity (Wildman–Crippen MR) is 80.3 cm³/mol. The van der Waals surface area contributed by atoms with Crippen LogP contribution in [0.4, 0.5) is 5.69 Å². The molecule has 1 aromatic carbocycles. The number of rotatable bonds is 3. The summed E-state index contributed by atoms with van der Waals surface area (Å²) in [7, 11) is 0. The fourth-order valence-electron chi connectivity index (χ4n) is 3.11. The van der Waals surface area contributed by atoms with Crippen molar-refractivity contribution in [1.82, 2.24) is 4.98 Å². The Labute approximate surface area is 118 Å². The molecule has 4 heteroatoms. The number of hydrogen-bond acceptors (Lipinski definition) is 3. The molecule has 2 atom stereocenters. The van der Waals surface area contributed by atoms with E-state index in [4.69, 9.17) is 5.73 Å². The Hall–Kier alpha value is -1.94. The summed E-state index contributed by atoms with van der Waals surface area (Å²) in [6, 6.07) is 7.84. The van der Waals surface area contributed by atoms with Crippen molar-refractivity contribution in [2.75, 3.05) is 11.9 Å². The van der Waals surface area contributed by atoms with Gasteiger partial charge in [-0.05, 0) is 42.8 Å². The van der Waals surface area contributed by atoms with Crippen LogP contribution in [0.2, 0.25) is 0 Å². The number of benzene rings is 1. The molecule has 2 unspecified atom stereocenters. The standard InChI is InChI=1S/C16H19N3O/c17-9-12-4-1-5-13(12)16(20)19-15-6-2-3-11-7-8-18-10-14(11)15/h2-3,6-8,10,12-13H,1,4-5,9,17H2,(H,19,20). The van der Waals surface area contributed by atoms with Crippen molar-refractivity contribution in [3.05, 3.63) is 36.7 Å². The Balaban J connectivity index is 1.84. The zero-order chi connectivity index (χ0) is 13.9. The van der Waals surface area contributed by atoms with E-state index in [-0.39, 0.29) is 11.8 Å². The van der Waals surface area contributed by atoms with Crippen molar-refractivity contribution < 1.29 is 4.79 Å². The SMILES string of the molecule is NCC1CCCC1C(=O)Nc1cccc2ccncc12. The van der Waals surface area contributed by atoms with Crippen molar-refractivity contribution in [3.63, 3.8) is 0 Å².